The fraction of sp³-hybridized carbons (Fsp3) is 0.421. The summed E-state index contributed by atoms with van der Waals surface area (Å²) in [6.45, 7) is 3.98. The van der Waals surface area contributed by atoms with Crippen LogP contribution in [0.1, 0.15) is 35.8 Å². The first-order valence-electron chi connectivity index (χ1n) is 9.01. The normalized spacial score (nSPS) is 18.4. The molecule has 2 aliphatic rings. The molecule has 1 saturated heterocycles. The molecule has 0 saturated carbocycles. The summed E-state index contributed by atoms with van der Waals surface area (Å²) in [5.41, 5.74) is 1.15. The van der Waals surface area contributed by atoms with Crippen molar-refractivity contribution >= 4 is 28.3 Å². The van der Waals surface area contributed by atoms with Crippen molar-refractivity contribution in [3.63, 3.8) is 0 Å². The highest BCUT2D eigenvalue weighted by Gasteiger charge is 2.22. The number of piperidine rings is 1. The Labute approximate surface area is 161 Å². The molecule has 1 aromatic carbocycles. The van der Waals surface area contributed by atoms with Crippen molar-refractivity contribution in [2.45, 2.75) is 26.2 Å². The average Bonchev–Trinajstić information content (AvgIpc) is 3.30. The van der Waals surface area contributed by atoms with E-state index in [0.29, 0.717) is 33.8 Å². The molecule has 8 heteroatoms. The van der Waals surface area contributed by atoms with E-state index in [-0.39, 0.29) is 25.0 Å². The Morgan fingerprint density at radius 3 is 3.04 bits per heavy atom. The zero-order chi connectivity index (χ0) is 18.8. The first kappa shape index (κ1) is 17.8. The van der Waals surface area contributed by atoms with Gasteiger partial charge in [0.2, 0.25) is 12.7 Å². The van der Waals surface area contributed by atoms with Crippen LogP contribution >= 0.6 is 11.3 Å². The number of thiazole rings is 1. The monoisotopic (exact) mass is 387 g/mol. The molecule has 3 heterocycles. The van der Waals surface area contributed by atoms with Crippen LogP contribution in [0.25, 0.3) is 0 Å². The van der Waals surface area contributed by atoms with Crippen LogP contribution in [-0.4, -0.2) is 41.6 Å². The molecule has 1 unspecified atom stereocenters. The minimum absolute atomic E-state index is 0.0977. The predicted octanol–water partition coefficient (Wildman–Crippen LogP) is 2.93. The number of rotatable bonds is 4. The molecular weight excluding hydrogens is 366 g/mol. The van der Waals surface area contributed by atoms with Crippen LogP contribution in [0.5, 0.6) is 11.5 Å². The Hall–Kier alpha value is -2.61. The standard InChI is InChI=1S/C19H21N3O4S/c1-12-3-2-6-22(9-12)17(23)8-14-10-27-19(20-14)21-18(24)13-4-5-15-16(7-13)26-11-25-15/h4-5,7,10,12H,2-3,6,8-9,11H2,1H3,(H,20,21,24). The van der Waals surface area contributed by atoms with Crippen molar-refractivity contribution in [1.29, 1.82) is 0 Å². The van der Waals surface area contributed by atoms with Gasteiger partial charge in [0.15, 0.2) is 16.6 Å². The van der Waals surface area contributed by atoms with Crippen LogP contribution in [0.4, 0.5) is 5.13 Å². The summed E-state index contributed by atoms with van der Waals surface area (Å²) in [6, 6.07) is 5.04. The quantitative estimate of drug-likeness (QED) is 0.872. The number of hydrogen-bond donors (Lipinski definition) is 1. The molecule has 1 fully saturated rings. The highest BCUT2D eigenvalue weighted by molar-refractivity contribution is 7.14. The molecule has 4 rings (SSSR count). The number of hydrogen-bond acceptors (Lipinski definition) is 6. The lowest BCUT2D eigenvalue weighted by atomic mass is 10.00. The Bertz CT molecular complexity index is 866. The van der Waals surface area contributed by atoms with Crippen molar-refractivity contribution in [1.82, 2.24) is 9.88 Å². The second-order valence-electron chi connectivity index (χ2n) is 6.93. The van der Waals surface area contributed by atoms with Crippen molar-refractivity contribution in [2.75, 3.05) is 25.2 Å². The van der Waals surface area contributed by atoms with E-state index in [2.05, 4.69) is 17.2 Å². The number of fused-ring (bicyclic) bond motifs is 1. The van der Waals surface area contributed by atoms with Gasteiger partial charge >= 0.3 is 0 Å². The van der Waals surface area contributed by atoms with Gasteiger partial charge in [-0.1, -0.05) is 6.92 Å². The van der Waals surface area contributed by atoms with E-state index in [1.54, 1.807) is 18.2 Å². The molecule has 2 aromatic rings. The first-order valence-corrected chi connectivity index (χ1v) is 9.89. The van der Waals surface area contributed by atoms with Crippen LogP contribution < -0.4 is 14.8 Å². The zero-order valence-corrected chi connectivity index (χ0v) is 15.9. The fourth-order valence-electron chi connectivity index (χ4n) is 3.34. The van der Waals surface area contributed by atoms with Gasteiger partial charge < -0.3 is 14.4 Å². The van der Waals surface area contributed by atoms with Crippen molar-refractivity contribution in [2.24, 2.45) is 5.92 Å². The molecule has 142 valence electrons. The van der Waals surface area contributed by atoms with Crippen LogP contribution in [0, 0.1) is 5.92 Å². The number of anilines is 1. The number of ether oxygens (including phenoxy) is 2. The summed E-state index contributed by atoms with van der Waals surface area (Å²) >= 11 is 1.32. The van der Waals surface area contributed by atoms with E-state index in [1.807, 2.05) is 10.3 Å². The lowest BCUT2D eigenvalue weighted by molar-refractivity contribution is -0.132. The fourth-order valence-corrected chi connectivity index (χ4v) is 4.04. The summed E-state index contributed by atoms with van der Waals surface area (Å²) in [4.78, 5) is 31.2. The molecule has 1 atom stereocenters. The number of carbonyl (C=O) groups is 2. The third-order valence-corrected chi connectivity index (χ3v) is 5.56. The van der Waals surface area contributed by atoms with E-state index in [4.69, 9.17) is 9.47 Å². The number of amides is 2. The Morgan fingerprint density at radius 1 is 1.33 bits per heavy atom. The molecule has 0 radical (unpaired) electrons. The smallest absolute Gasteiger partial charge is 0.257 e. The number of carbonyl (C=O) groups excluding carboxylic acids is 2. The number of likely N-dealkylation sites (tertiary alicyclic amines) is 1. The summed E-state index contributed by atoms with van der Waals surface area (Å²) in [7, 11) is 0. The van der Waals surface area contributed by atoms with E-state index in [0.717, 1.165) is 19.5 Å². The molecular formula is C19H21N3O4S. The summed E-state index contributed by atoms with van der Waals surface area (Å²) in [6.07, 6.45) is 2.50. The molecule has 7 nitrogen and oxygen atoms in total. The summed E-state index contributed by atoms with van der Waals surface area (Å²) in [5.74, 6) is 1.57. The third-order valence-electron chi connectivity index (χ3n) is 4.75. The molecule has 1 aromatic heterocycles. The van der Waals surface area contributed by atoms with Crippen LogP contribution in [0.15, 0.2) is 23.6 Å². The van der Waals surface area contributed by atoms with Gasteiger partial charge in [-0.05, 0) is 37.0 Å². The molecule has 27 heavy (non-hydrogen) atoms. The van der Waals surface area contributed by atoms with E-state index in [9.17, 15) is 9.59 Å². The van der Waals surface area contributed by atoms with E-state index in [1.165, 1.54) is 17.8 Å². The third kappa shape index (κ3) is 4.05. The highest BCUT2D eigenvalue weighted by atomic mass is 32.1. The molecule has 0 bridgehead atoms. The Morgan fingerprint density at radius 2 is 2.19 bits per heavy atom. The van der Waals surface area contributed by atoms with Crippen molar-refractivity contribution in [3.8, 4) is 11.5 Å². The lowest BCUT2D eigenvalue weighted by Crippen LogP contribution is -2.39. The maximum absolute atomic E-state index is 12.5. The van der Waals surface area contributed by atoms with Gasteiger partial charge in [0.25, 0.3) is 5.91 Å². The van der Waals surface area contributed by atoms with Crippen LogP contribution in [0.3, 0.4) is 0 Å². The largest absolute Gasteiger partial charge is 0.454 e. The summed E-state index contributed by atoms with van der Waals surface area (Å²) in [5, 5.41) is 5.08. The molecule has 0 spiro atoms. The first-order chi connectivity index (χ1) is 13.1. The lowest BCUT2D eigenvalue weighted by Gasteiger charge is -2.30. The molecule has 0 aliphatic carbocycles. The molecule has 2 aliphatic heterocycles. The number of nitrogens with one attached hydrogen (secondary N) is 1. The second kappa shape index (κ2) is 7.56. The summed E-state index contributed by atoms with van der Waals surface area (Å²) < 4.78 is 10.5. The predicted molar refractivity (Wildman–Crippen MR) is 101 cm³/mol. The van der Waals surface area contributed by atoms with Gasteiger partial charge in [0, 0.05) is 24.0 Å². The minimum Gasteiger partial charge on any atom is -0.454 e. The molecule has 2 amide bonds. The SMILES string of the molecule is CC1CCCN(C(=O)Cc2csc(NC(=O)c3ccc4c(c3)OCO4)n2)C1. The second-order valence-corrected chi connectivity index (χ2v) is 7.79. The van der Waals surface area contributed by atoms with Gasteiger partial charge in [-0.3, -0.25) is 14.9 Å². The minimum atomic E-state index is -0.273. The van der Waals surface area contributed by atoms with E-state index < -0.39 is 0 Å². The molecule has 1 N–H and O–H groups in total. The highest BCUT2D eigenvalue weighted by Crippen LogP contribution is 2.32. The number of aromatic nitrogens is 1. The maximum atomic E-state index is 12.5. The van der Waals surface area contributed by atoms with Gasteiger partial charge in [-0.15, -0.1) is 11.3 Å². The maximum Gasteiger partial charge on any atom is 0.257 e. The Kier molecular flexibility index (Phi) is 4.98. The van der Waals surface area contributed by atoms with Gasteiger partial charge in [-0.25, -0.2) is 4.98 Å². The van der Waals surface area contributed by atoms with Crippen LogP contribution in [0.2, 0.25) is 0 Å². The van der Waals surface area contributed by atoms with E-state index >= 15 is 0 Å². The van der Waals surface area contributed by atoms with Gasteiger partial charge in [0.05, 0.1) is 12.1 Å². The van der Waals surface area contributed by atoms with Gasteiger partial charge in [-0.2, -0.15) is 0 Å². The van der Waals surface area contributed by atoms with Crippen molar-refractivity contribution < 1.29 is 19.1 Å². The Balaban J connectivity index is 1.36. The topological polar surface area (TPSA) is 80.8 Å². The van der Waals surface area contributed by atoms with Gasteiger partial charge in [0.1, 0.15) is 0 Å². The zero-order valence-electron chi connectivity index (χ0n) is 15.1. The number of benzene rings is 1. The average molecular weight is 387 g/mol. The van der Waals surface area contributed by atoms with Crippen LogP contribution in [-0.2, 0) is 11.2 Å². The number of nitrogens with zero attached hydrogens (tertiary/aromatic N) is 2. The van der Waals surface area contributed by atoms with Crippen molar-refractivity contribution in [3.05, 3.63) is 34.8 Å².